The van der Waals surface area contributed by atoms with Gasteiger partial charge in [0.2, 0.25) is 0 Å². The number of carbonyl (C=O) groups excluding carboxylic acids is 1. The molecule has 2 rings (SSSR count). The molecule has 0 heterocycles. The summed E-state index contributed by atoms with van der Waals surface area (Å²) in [5.74, 6) is 0. The first kappa shape index (κ1) is 14.9. The third-order valence-corrected chi connectivity index (χ3v) is 3.51. The van der Waals surface area contributed by atoms with E-state index in [0.717, 1.165) is 21.3 Å². The number of benzene rings is 2. The Bertz CT molecular complexity index is 631. The minimum Gasteiger partial charge on any atom is -0.334 e. The van der Waals surface area contributed by atoms with E-state index in [1.54, 1.807) is 6.07 Å². The Labute approximate surface area is 131 Å². The van der Waals surface area contributed by atoms with Crippen molar-refractivity contribution in [1.82, 2.24) is 5.32 Å². The zero-order valence-corrected chi connectivity index (χ0v) is 13.3. The van der Waals surface area contributed by atoms with Crippen LogP contribution in [0.4, 0.5) is 10.5 Å². The van der Waals surface area contributed by atoms with E-state index in [9.17, 15) is 4.79 Å². The van der Waals surface area contributed by atoms with Gasteiger partial charge in [0.1, 0.15) is 0 Å². The lowest BCUT2D eigenvalue weighted by Crippen LogP contribution is -2.28. The van der Waals surface area contributed by atoms with Gasteiger partial charge in [0.15, 0.2) is 0 Å². The number of halogens is 2. The minimum atomic E-state index is -0.240. The molecule has 0 aliphatic heterocycles. The Morgan fingerprint density at radius 1 is 1.25 bits per heavy atom. The van der Waals surface area contributed by atoms with Crippen LogP contribution < -0.4 is 10.6 Å². The second-order valence-corrected chi connectivity index (χ2v) is 5.75. The molecule has 0 aliphatic carbocycles. The van der Waals surface area contributed by atoms with Gasteiger partial charge in [-0.25, -0.2) is 4.79 Å². The van der Waals surface area contributed by atoms with Gasteiger partial charge in [-0.05, 0) is 48.4 Å². The highest BCUT2D eigenvalue weighted by Crippen LogP contribution is 2.19. The molecule has 0 radical (unpaired) electrons. The number of hydrogen-bond donors (Lipinski definition) is 2. The predicted octanol–water partition coefficient (Wildman–Crippen LogP) is 4.73. The van der Waals surface area contributed by atoms with Gasteiger partial charge in [0.25, 0.3) is 0 Å². The highest BCUT2D eigenvalue weighted by atomic mass is 79.9. The van der Waals surface area contributed by atoms with Gasteiger partial charge in [0, 0.05) is 21.7 Å². The topological polar surface area (TPSA) is 41.1 Å². The van der Waals surface area contributed by atoms with Crippen molar-refractivity contribution in [1.29, 1.82) is 0 Å². The van der Waals surface area contributed by atoms with E-state index in [1.807, 2.05) is 43.3 Å². The standard InChI is InChI=1S/C15H14BrClN2O/c1-10-7-12(16)5-6-14(10)19-15(20)18-9-11-3-2-4-13(17)8-11/h2-8H,9H2,1H3,(H2,18,19,20). The summed E-state index contributed by atoms with van der Waals surface area (Å²) in [6, 6.07) is 12.9. The first-order valence-electron chi connectivity index (χ1n) is 6.10. The monoisotopic (exact) mass is 352 g/mol. The van der Waals surface area contributed by atoms with Crippen LogP contribution in [-0.2, 0) is 6.54 Å². The van der Waals surface area contributed by atoms with Crippen molar-refractivity contribution >= 4 is 39.2 Å². The fraction of sp³-hybridized carbons (Fsp3) is 0.133. The van der Waals surface area contributed by atoms with Crippen LogP contribution in [0, 0.1) is 6.92 Å². The van der Waals surface area contributed by atoms with Gasteiger partial charge in [0.05, 0.1) is 0 Å². The zero-order chi connectivity index (χ0) is 14.5. The van der Waals surface area contributed by atoms with Crippen molar-refractivity contribution in [3.05, 3.63) is 63.1 Å². The van der Waals surface area contributed by atoms with Crippen LogP contribution in [-0.4, -0.2) is 6.03 Å². The van der Waals surface area contributed by atoms with Crippen molar-refractivity contribution < 1.29 is 4.79 Å². The van der Waals surface area contributed by atoms with E-state index < -0.39 is 0 Å². The lowest BCUT2D eigenvalue weighted by atomic mass is 10.2. The van der Waals surface area contributed by atoms with Crippen molar-refractivity contribution in [2.75, 3.05) is 5.32 Å². The molecule has 2 N–H and O–H groups in total. The normalized spacial score (nSPS) is 10.2. The summed E-state index contributed by atoms with van der Waals surface area (Å²) in [6.45, 7) is 2.37. The summed E-state index contributed by atoms with van der Waals surface area (Å²) in [4.78, 5) is 11.8. The van der Waals surface area contributed by atoms with E-state index in [2.05, 4.69) is 26.6 Å². The Morgan fingerprint density at radius 3 is 2.75 bits per heavy atom. The van der Waals surface area contributed by atoms with E-state index in [-0.39, 0.29) is 6.03 Å². The van der Waals surface area contributed by atoms with Crippen LogP contribution in [0.15, 0.2) is 46.9 Å². The van der Waals surface area contributed by atoms with Crippen LogP contribution in [0.5, 0.6) is 0 Å². The Balaban J connectivity index is 1.92. The molecule has 2 aromatic carbocycles. The van der Waals surface area contributed by atoms with Crippen LogP contribution >= 0.6 is 27.5 Å². The average Bonchev–Trinajstić information content (AvgIpc) is 2.40. The van der Waals surface area contributed by atoms with Gasteiger partial charge < -0.3 is 10.6 Å². The maximum atomic E-state index is 11.8. The Hall–Kier alpha value is -1.52. The maximum Gasteiger partial charge on any atom is 0.319 e. The highest BCUT2D eigenvalue weighted by molar-refractivity contribution is 9.10. The first-order valence-corrected chi connectivity index (χ1v) is 7.27. The lowest BCUT2D eigenvalue weighted by molar-refractivity contribution is 0.251. The highest BCUT2D eigenvalue weighted by Gasteiger charge is 2.04. The van der Waals surface area contributed by atoms with Crippen molar-refractivity contribution in [2.45, 2.75) is 13.5 Å². The SMILES string of the molecule is Cc1cc(Br)ccc1NC(=O)NCc1cccc(Cl)c1. The number of hydrogen-bond acceptors (Lipinski definition) is 1. The van der Waals surface area contributed by atoms with Crippen molar-refractivity contribution in [3.63, 3.8) is 0 Å². The Kier molecular flexibility index (Phi) is 5.04. The van der Waals surface area contributed by atoms with E-state index in [1.165, 1.54) is 0 Å². The quantitative estimate of drug-likeness (QED) is 0.822. The van der Waals surface area contributed by atoms with Crippen LogP contribution in [0.2, 0.25) is 5.02 Å². The van der Waals surface area contributed by atoms with Crippen LogP contribution in [0.3, 0.4) is 0 Å². The number of anilines is 1. The molecule has 5 heteroatoms. The number of urea groups is 1. The minimum absolute atomic E-state index is 0.240. The third kappa shape index (κ3) is 4.25. The first-order chi connectivity index (χ1) is 9.54. The smallest absolute Gasteiger partial charge is 0.319 e. The largest absolute Gasteiger partial charge is 0.334 e. The number of amides is 2. The van der Waals surface area contributed by atoms with Gasteiger partial charge in [-0.2, -0.15) is 0 Å². The molecule has 0 saturated carbocycles. The molecule has 0 saturated heterocycles. The molecule has 0 atom stereocenters. The molecule has 0 spiro atoms. The maximum absolute atomic E-state index is 11.8. The molecular formula is C15H14BrClN2O. The second kappa shape index (κ2) is 6.77. The zero-order valence-electron chi connectivity index (χ0n) is 10.9. The van der Waals surface area contributed by atoms with E-state index in [0.29, 0.717) is 11.6 Å². The van der Waals surface area contributed by atoms with Crippen molar-refractivity contribution in [3.8, 4) is 0 Å². The van der Waals surface area contributed by atoms with Gasteiger partial charge in [-0.15, -0.1) is 0 Å². The van der Waals surface area contributed by atoms with Crippen LogP contribution in [0.25, 0.3) is 0 Å². The van der Waals surface area contributed by atoms with Gasteiger partial charge in [-0.1, -0.05) is 39.7 Å². The fourth-order valence-corrected chi connectivity index (χ4v) is 2.45. The number of carbonyl (C=O) groups is 1. The molecule has 0 fully saturated rings. The van der Waals surface area contributed by atoms with Crippen LogP contribution in [0.1, 0.15) is 11.1 Å². The molecule has 20 heavy (non-hydrogen) atoms. The van der Waals surface area contributed by atoms with E-state index >= 15 is 0 Å². The van der Waals surface area contributed by atoms with Gasteiger partial charge in [-0.3, -0.25) is 0 Å². The number of rotatable bonds is 3. The molecule has 0 aromatic heterocycles. The summed E-state index contributed by atoms with van der Waals surface area (Å²) in [5.41, 5.74) is 2.74. The molecular weight excluding hydrogens is 340 g/mol. The summed E-state index contributed by atoms with van der Waals surface area (Å²) in [7, 11) is 0. The summed E-state index contributed by atoms with van der Waals surface area (Å²) in [6.07, 6.45) is 0. The number of aryl methyl sites for hydroxylation is 1. The molecule has 104 valence electrons. The summed E-state index contributed by atoms with van der Waals surface area (Å²) in [5, 5.41) is 6.28. The predicted molar refractivity (Wildman–Crippen MR) is 86.2 cm³/mol. The number of nitrogens with one attached hydrogen (secondary N) is 2. The third-order valence-electron chi connectivity index (χ3n) is 2.78. The van der Waals surface area contributed by atoms with Gasteiger partial charge >= 0.3 is 6.03 Å². The molecule has 2 amide bonds. The molecule has 0 unspecified atom stereocenters. The fourth-order valence-electron chi connectivity index (χ4n) is 1.76. The average molecular weight is 354 g/mol. The molecule has 3 nitrogen and oxygen atoms in total. The summed E-state index contributed by atoms with van der Waals surface area (Å²) < 4.78 is 0.986. The lowest BCUT2D eigenvalue weighted by Gasteiger charge is -2.10. The summed E-state index contributed by atoms with van der Waals surface area (Å²) >= 11 is 9.28. The van der Waals surface area contributed by atoms with Crippen molar-refractivity contribution in [2.24, 2.45) is 0 Å². The molecule has 0 aliphatic rings. The Morgan fingerprint density at radius 2 is 2.05 bits per heavy atom. The van der Waals surface area contributed by atoms with E-state index in [4.69, 9.17) is 11.6 Å². The molecule has 2 aromatic rings. The molecule has 0 bridgehead atoms. The second-order valence-electron chi connectivity index (χ2n) is 4.40.